The van der Waals surface area contributed by atoms with Gasteiger partial charge in [-0.3, -0.25) is 4.90 Å². The van der Waals surface area contributed by atoms with Crippen molar-refractivity contribution in [1.29, 1.82) is 0 Å². The maximum Gasteiger partial charge on any atom is 0.223 e. The third-order valence-corrected chi connectivity index (χ3v) is 5.18. The lowest BCUT2D eigenvalue weighted by Crippen LogP contribution is -2.19. The van der Waals surface area contributed by atoms with E-state index in [1.165, 1.54) is 21.4 Å². The van der Waals surface area contributed by atoms with E-state index in [1.807, 2.05) is 0 Å². The van der Waals surface area contributed by atoms with E-state index in [-0.39, 0.29) is 0 Å². The number of pyridine rings is 1. The van der Waals surface area contributed by atoms with Crippen LogP contribution in [0.3, 0.4) is 0 Å². The van der Waals surface area contributed by atoms with Gasteiger partial charge in [-0.25, -0.2) is 4.98 Å². The molecule has 0 aliphatic carbocycles. The molecule has 26 heavy (non-hydrogen) atoms. The van der Waals surface area contributed by atoms with Crippen molar-refractivity contribution in [3.05, 3.63) is 64.6 Å². The standard InChI is InChI=1S/C20H20N4OS/c1-13-6-4-7-15-10-16(11-24(3)12-18-21-14(2)25-23-18)20(22-19(13)15)17-8-5-9-26-17/h4-10H,11-12H2,1-3H3. The number of aryl methyl sites for hydroxylation is 2. The van der Waals surface area contributed by atoms with Gasteiger partial charge in [0.1, 0.15) is 0 Å². The molecule has 0 N–H and O–H groups in total. The second-order valence-electron chi connectivity index (χ2n) is 6.52. The third-order valence-electron chi connectivity index (χ3n) is 4.30. The molecule has 0 amide bonds. The van der Waals surface area contributed by atoms with Crippen molar-refractivity contribution in [1.82, 2.24) is 20.0 Å². The highest BCUT2D eigenvalue weighted by Crippen LogP contribution is 2.31. The minimum Gasteiger partial charge on any atom is -0.340 e. The zero-order chi connectivity index (χ0) is 18.1. The zero-order valence-corrected chi connectivity index (χ0v) is 15.9. The molecule has 0 fully saturated rings. The summed E-state index contributed by atoms with van der Waals surface area (Å²) in [5.41, 5.74) is 4.52. The van der Waals surface area contributed by atoms with Gasteiger partial charge in [-0.15, -0.1) is 11.3 Å². The van der Waals surface area contributed by atoms with Crippen LogP contribution >= 0.6 is 11.3 Å². The van der Waals surface area contributed by atoms with E-state index in [0.717, 1.165) is 17.8 Å². The van der Waals surface area contributed by atoms with Crippen LogP contribution in [0.4, 0.5) is 0 Å². The fourth-order valence-corrected chi connectivity index (χ4v) is 3.88. The Hall–Kier alpha value is -2.57. The van der Waals surface area contributed by atoms with Crippen LogP contribution in [-0.4, -0.2) is 27.1 Å². The van der Waals surface area contributed by atoms with Gasteiger partial charge in [0.25, 0.3) is 0 Å². The molecule has 0 spiro atoms. The van der Waals surface area contributed by atoms with Crippen molar-refractivity contribution >= 4 is 22.2 Å². The van der Waals surface area contributed by atoms with Crippen LogP contribution in [0.2, 0.25) is 0 Å². The monoisotopic (exact) mass is 364 g/mol. The number of thiophene rings is 1. The average Bonchev–Trinajstić information content (AvgIpc) is 3.26. The number of hydrogen-bond donors (Lipinski definition) is 0. The van der Waals surface area contributed by atoms with Gasteiger partial charge in [0.15, 0.2) is 5.82 Å². The zero-order valence-electron chi connectivity index (χ0n) is 15.1. The number of benzene rings is 1. The van der Waals surface area contributed by atoms with E-state index in [0.29, 0.717) is 18.3 Å². The number of rotatable bonds is 5. The molecule has 4 rings (SSSR count). The molecule has 0 bridgehead atoms. The lowest BCUT2D eigenvalue weighted by Gasteiger charge is -2.17. The lowest BCUT2D eigenvalue weighted by molar-refractivity contribution is 0.300. The van der Waals surface area contributed by atoms with Crippen molar-refractivity contribution in [2.45, 2.75) is 26.9 Å². The molecule has 6 heteroatoms. The summed E-state index contributed by atoms with van der Waals surface area (Å²) in [6, 6.07) is 12.8. The van der Waals surface area contributed by atoms with E-state index in [2.05, 4.69) is 70.8 Å². The number of aromatic nitrogens is 3. The molecule has 0 unspecified atom stereocenters. The van der Waals surface area contributed by atoms with Crippen LogP contribution in [0, 0.1) is 13.8 Å². The molecular weight excluding hydrogens is 344 g/mol. The predicted molar refractivity (Wildman–Crippen MR) is 104 cm³/mol. The first-order valence-corrected chi connectivity index (χ1v) is 9.39. The molecule has 3 heterocycles. The Morgan fingerprint density at radius 1 is 1.08 bits per heavy atom. The van der Waals surface area contributed by atoms with E-state index < -0.39 is 0 Å². The Balaban J connectivity index is 1.71. The van der Waals surface area contributed by atoms with E-state index in [1.54, 1.807) is 18.3 Å². The molecule has 0 aliphatic rings. The van der Waals surface area contributed by atoms with Gasteiger partial charge >= 0.3 is 0 Å². The van der Waals surface area contributed by atoms with Crippen molar-refractivity contribution in [2.75, 3.05) is 7.05 Å². The number of fused-ring (bicyclic) bond motifs is 1. The highest BCUT2D eigenvalue weighted by atomic mass is 32.1. The molecule has 0 saturated heterocycles. The van der Waals surface area contributed by atoms with Gasteiger partial charge < -0.3 is 4.52 Å². The van der Waals surface area contributed by atoms with E-state index in [4.69, 9.17) is 9.51 Å². The van der Waals surface area contributed by atoms with Crippen molar-refractivity contribution in [3.8, 4) is 10.6 Å². The lowest BCUT2D eigenvalue weighted by atomic mass is 10.0. The first kappa shape index (κ1) is 16.9. The van der Waals surface area contributed by atoms with Crippen LogP contribution in [0.15, 0.2) is 46.3 Å². The SMILES string of the molecule is Cc1nc(CN(C)Cc2cc3cccc(C)c3nc2-c2cccs2)no1. The highest BCUT2D eigenvalue weighted by Gasteiger charge is 2.14. The van der Waals surface area contributed by atoms with E-state index in [9.17, 15) is 0 Å². The molecule has 0 saturated carbocycles. The smallest absolute Gasteiger partial charge is 0.223 e. The van der Waals surface area contributed by atoms with Gasteiger partial charge in [-0.05, 0) is 42.6 Å². The van der Waals surface area contributed by atoms with Crippen LogP contribution in [0.1, 0.15) is 22.8 Å². The third kappa shape index (κ3) is 3.38. The molecule has 0 atom stereocenters. The number of nitrogens with zero attached hydrogens (tertiary/aromatic N) is 4. The molecule has 0 radical (unpaired) electrons. The maximum absolute atomic E-state index is 5.07. The summed E-state index contributed by atoms with van der Waals surface area (Å²) in [6.45, 7) is 5.31. The van der Waals surface area contributed by atoms with Gasteiger partial charge in [-0.1, -0.05) is 29.4 Å². The average molecular weight is 364 g/mol. The second kappa shape index (κ2) is 6.97. The Morgan fingerprint density at radius 3 is 2.69 bits per heavy atom. The minimum absolute atomic E-state index is 0.593. The summed E-state index contributed by atoms with van der Waals surface area (Å²) in [4.78, 5) is 12.7. The molecule has 0 aliphatic heterocycles. The summed E-state index contributed by atoms with van der Waals surface area (Å²) in [5.74, 6) is 1.29. The number of para-hydroxylation sites is 1. The van der Waals surface area contributed by atoms with Crippen LogP contribution in [0.5, 0.6) is 0 Å². The molecule has 5 nitrogen and oxygen atoms in total. The summed E-state index contributed by atoms with van der Waals surface area (Å²) in [6.07, 6.45) is 0. The molecule has 1 aromatic carbocycles. The van der Waals surface area contributed by atoms with Crippen LogP contribution in [-0.2, 0) is 13.1 Å². The normalized spacial score (nSPS) is 11.5. The summed E-state index contributed by atoms with van der Waals surface area (Å²) < 4.78 is 5.07. The second-order valence-corrected chi connectivity index (χ2v) is 7.47. The van der Waals surface area contributed by atoms with Gasteiger partial charge in [0.05, 0.1) is 22.6 Å². The summed E-state index contributed by atoms with van der Waals surface area (Å²) in [5, 5.41) is 7.25. The van der Waals surface area contributed by atoms with Crippen molar-refractivity contribution in [2.24, 2.45) is 0 Å². The topological polar surface area (TPSA) is 55.1 Å². The largest absolute Gasteiger partial charge is 0.340 e. The quantitative estimate of drug-likeness (QED) is 0.518. The summed E-state index contributed by atoms with van der Waals surface area (Å²) >= 11 is 1.72. The molecule has 4 aromatic rings. The predicted octanol–water partition coefficient (Wildman–Crippen LogP) is 4.60. The Bertz CT molecular complexity index is 1040. The van der Waals surface area contributed by atoms with Crippen LogP contribution in [0.25, 0.3) is 21.5 Å². The Kier molecular flexibility index (Phi) is 4.53. The maximum atomic E-state index is 5.07. The fraction of sp³-hybridized carbons (Fsp3) is 0.250. The van der Waals surface area contributed by atoms with E-state index >= 15 is 0 Å². The Labute approximate surface area is 156 Å². The number of hydrogen-bond acceptors (Lipinski definition) is 6. The first-order valence-electron chi connectivity index (χ1n) is 8.51. The molecule has 132 valence electrons. The highest BCUT2D eigenvalue weighted by molar-refractivity contribution is 7.13. The fourth-order valence-electron chi connectivity index (χ4n) is 3.13. The molecule has 3 aromatic heterocycles. The van der Waals surface area contributed by atoms with Crippen LogP contribution < -0.4 is 0 Å². The van der Waals surface area contributed by atoms with Gasteiger partial charge in [0.2, 0.25) is 5.89 Å². The Morgan fingerprint density at radius 2 is 1.96 bits per heavy atom. The summed E-state index contributed by atoms with van der Waals surface area (Å²) in [7, 11) is 2.06. The van der Waals surface area contributed by atoms with Gasteiger partial charge in [-0.2, -0.15) is 4.98 Å². The van der Waals surface area contributed by atoms with Gasteiger partial charge in [0, 0.05) is 18.9 Å². The van der Waals surface area contributed by atoms with Crippen molar-refractivity contribution in [3.63, 3.8) is 0 Å². The van der Waals surface area contributed by atoms with Crippen molar-refractivity contribution < 1.29 is 4.52 Å². The first-order chi connectivity index (χ1) is 12.6. The minimum atomic E-state index is 0.593. The molecular formula is C20H20N4OS.